The number of piperidine rings is 1. The molecule has 1 heterocycles. The summed E-state index contributed by atoms with van der Waals surface area (Å²) in [4.78, 5) is 30.5. The third-order valence-electron chi connectivity index (χ3n) is 9.01. The minimum absolute atomic E-state index is 0.0112. The van der Waals surface area contributed by atoms with Crippen molar-refractivity contribution in [3.63, 3.8) is 0 Å². The van der Waals surface area contributed by atoms with E-state index in [-0.39, 0.29) is 30.4 Å². The number of amides is 1. The van der Waals surface area contributed by atoms with Crippen molar-refractivity contribution in [3.8, 4) is 29.1 Å². The molecule has 3 atom stereocenters. The minimum Gasteiger partial charge on any atom is -0.493 e. The number of nitriles is 1. The molecule has 0 aliphatic carbocycles. The van der Waals surface area contributed by atoms with E-state index in [0.717, 1.165) is 49.8 Å². The fourth-order valence-electron chi connectivity index (χ4n) is 6.19. The number of hydrazine groups is 1. The zero-order valence-corrected chi connectivity index (χ0v) is 29.1. The molecule has 1 N–H and O–H groups in total. The molecule has 1 fully saturated rings. The molecule has 264 valence electrons. The molecule has 1 saturated heterocycles. The van der Waals surface area contributed by atoms with Crippen LogP contribution >= 0.6 is 0 Å². The number of carbonyl (C=O) groups is 1. The van der Waals surface area contributed by atoms with Crippen LogP contribution in [0.5, 0.6) is 23.0 Å². The number of nitrogens with one attached hydrogen (secondary N) is 1. The first-order valence-corrected chi connectivity index (χ1v) is 16.6. The van der Waals surface area contributed by atoms with E-state index in [1.165, 1.54) is 0 Å². The van der Waals surface area contributed by atoms with E-state index < -0.39 is 11.2 Å². The summed E-state index contributed by atoms with van der Waals surface area (Å²) in [6.45, 7) is 5.44. The summed E-state index contributed by atoms with van der Waals surface area (Å²) in [7, 11) is 6.89. The number of rotatable bonds is 20. The summed E-state index contributed by atoms with van der Waals surface area (Å²) in [6.07, 6.45) is 4.95. The summed E-state index contributed by atoms with van der Waals surface area (Å²) >= 11 is 0. The zero-order chi connectivity index (χ0) is 35.1. The van der Waals surface area contributed by atoms with Crippen molar-refractivity contribution in [2.45, 2.75) is 70.9 Å². The molecule has 2 aromatic carbocycles. The van der Waals surface area contributed by atoms with Gasteiger partial charge < -0.3 is 23.8 Å². The van der Waals surface area contributed by atoms with Crippen LogP contribution in [-0.2, 0) is 16.1 Å². The Morgan fingerprint density at radius 1 is 1.04 bits per heavy atom. The first-order chi connectivity index (χ1) is 23.1. The second kappa shape index (κ2) is 19.5. The van der Waals surface area contributed by atoms with Crippen molar-refractivity contribution in [1.29, 1.82) is 5.26 Å². The number of likely N-dealkylation sites (N-methyl/N-ethyl adjacent to an activating group) is 1. The average molecular weight is 670 g/mol. The zero-order valence-electron chi connectivity index (χ0n) is 29.1. The van der Waals surface area contributed by atoms with Gasteiger partial charge >= 0.3 is 0 Å². The van der Waals surface area contributed by atoms with Crippen LogP contribution in [0.25, 0.3) is 0 Å². The van der Waals surface area contributed by atoms with E-state index in [1.807, 2.05) is 36.4 Å². The number of hydrogen-bond acceptors (Lipinski definition) is 11. The first-order valence-electron chi connectivity index (χ1n) is 16.6. The topological polar surface area (TPSA) is 149 Å². The van der Waals surface area contributed by atoms with Gasteiger partial charge in [0.05, 0.1) is 27.4 Å². The predicted octanol–water partition coefficient (Wildman–Crippen LogP) is 5.37. The predicted molar refractivity (Wildman–Crippen MR) is 180 cm³/mol. The van der Waals surface area contributed by atoms with E-state index in [0.29, 0.717) is 48.9 Å². The van der Waals surface area contributed by atoms with Crippen LogP contribution in [0.3, 0.4) is 0 Å². The molecular weight excluding hydrogens is 618 g/mol. The van der Waals surface area contributed by atoms with Gasteiger partial charge in [-0.1, -0.05) is 25.5 Å². The standard InChI is InChI=1S/C35H51N5O8/c1-7-8-27(23-36)9-12-30(38(3)18-15-26-10-13-31(44-4)33(21-26)46-6)29-11-14-32(45-5)34(22-29)47-24-35(41)37-39-19-16-28(17-20-39)25(2)48-40(42)43/h10-11,13-14,21-22,25,27-28,30H,7-9,12,15-20,24H2,1-6H3,(H,37,41). The largest absolute Gasteiger partial charge is 0.493 e. The van der Waals surface area contributed by atoms with Gasteiger partial charge in [0.2, 0.25) is 0 Å². The fraction of sp³-hybridized carbons (Fsp3) is 0.600. The van der Waals surface area contributed by atoms with Crippen LogP contribution in [0.15, 0.2) is 36.4 Å². The van der Waals surface area contributed by atoms with Crippen LogP contribution in [0.4, 0.5) is 0 Å². The maximum atomic E-state index is 12.9. The van der Waals surface area contributed by atoms with Gasteiger partial charge in [0.15, 0.2) is 29.6 Å². The third-order valence-corrected chi connectivity index (χ3v) is 9.01. The van der Waals surface area contributed by atoms with Crippen molar-refractivity contribution in [3.05, 3.63) is 57.6 Å². The maximum Gasteiger partial charge on any atom is 0.294 e. The lowest BCUT2D eigenvalue weighted by atomic mass is 9.92. The lowest BCUT2D eigenvalue weighted by Gasteiger charge is -2.33. The highest BCUT2D eigenvalue weighted by Gasteiger charge is 2.27. The highest BCUT2D eigenvalue weighted by molar-refractivity contribution is 5.77. The average Bonchev–Trinajstić information content (AvgIpc) is 3.09. The molecule has 2 aromatic rings. The Balaban J connectivity index is 1.69. The van der Waals surface area contributed by atoms with Gasteiger partial charge in [0.1, 0.15) is 6.10 Å². The van der Waals surface area contributed by atoms with Crippen molar-refractivity contribution >= 4 is 5.91 Å². The molecule has 13 nitrogen and oxygen atoms in total. The van der Waals surface area contributed by atoms with Crippen LogP contribution < -0.4 is 24.4 Å². The molecule has 0 spiro atoms. The minimum atomic E-state index is -0.755. The lowest BCUT2D eigenvalue weighted by molar-refractivity contribution is -0.769. The van der Waals surface area contributed by atoms with Crippen molar-refractivity contribution < 1.29 is 33.7 Å². The summed E-state index contributed by atoms with van der Waals surface area (Å²) < 4.78 is 22.5. The van der Waals surface area contributed by atoms with Gasteiger partial charge in [-0.3, -0.25) is 15.1 Å². The number of hydrogen-bond donors (Lipinski definition) is 1. The van der Waals surface area contributed by atoms with Crippen molar-refractivity contribution in [2.75, 3.05) is 54.6 Å². The molecule has 0 aromatic heterocycles. The Morgan fingerprint density at radius 2 is 1.71 bits per heavy atom. The fourth-order valence-corrected chi connectivity index (χ4v) is 6.19. The third kappa shape index (κ3) is 11.5. The molecule has 48 heavy (non-hydrogen) atoms. The molecule has 1 aliphatic heterocycles. The van der Waals surface area contributed by atoms with E-state index in [9.17, 15) is 20.2 Å². The summed E-state index contributed by atoms with van der Waals surface area (Å²) in [6, 6.07) is 14.2. The Kier molecular flexibility index (Phi) is 15.5. The highest BCUT2D eigenvalue weighted by atomic mass is 17.0. The van der Waals surface area contributed by atoms with Gasteiger partial charge in [-0.05, 0) is 93.8 Å². The second-order valence-corrected chi connectivity index (χ2v) is 12.2. The first kappa shape index (κ1) is 38.2. The molecule has 1 amide bonds. The number of methoxy groups -OCH3 is 3. The number of nitrogens with zero attached hydrogens (tertiary/aromatic N) is 4. The summed E-state index contributed by atoms with van der Waals surface area (Å²) in [5.41, 5.74) is 5.00. The van der Waals surface area contributed by atoms with Gasteiger partial charge in [0.25, 0.3) is 11.0 Å². The van der Waals surface area contributed by atoms with Gasteiger partial charge in [-0.25, -0.2) is 5.01 Å². The normalized spacial score (nSPS) is 15.5. The molecule has 3 unspecified atom stereocenters. The van der Waals surface area contributed by atoms with E-state index in [1.54, 1.807) is 33.3 Å². The summed E-state index contributed by atoms with van der Waals surface area (Å²) in [5, 5.41) is 21.5. The maximum absolute atomic E-state index is 12.9. The van der Waals surface area contributed by atoms with Crippen molar-refractivity contribution in [1.82, 2.24) is 15.3 Å². The van der Waals surface area contributed by atoms with Crippen LogP contribution in [0.2, 0.25) is 0 Å². The Bertz CT molecular complexity index is 1360. The lowest BCUT2D eigenvalue weighted by Crippen LogP contribution is -2.49. The molecule has 3 rings (SSSR count). The highest BCUT2D eigenvalue weighted by Crippen LogP contribution is 2.35. The monoisotopic (exact) mass is 669 g/mol. The molecule has 13 heteroatoms. The van der Waals surface area contributed by atoms with Crippen LogP contribution in [0.1, 0.15) is 69.5 Å². The summed E-state index contributed by atoms with van der Waals surface area (Å²) in [5.74, 6) is 2.05. The molecule has 0 bridgehead atoms. The Labute approximate surface area is 284 Å². The second-order valence-electron chi connectivity index (χ2n) is 12.2. The van der Waals surface area contributed by atoms with Crippen LogP contribution in [0, 0.1) is 33.3 Å². The van der Waals surface area contributed by atoms with E-state index in [4.69, 9.17) is 23.8 Å². The van der Waals surface area contributed by atoms with Crippen LogP contribution in [-0.4, -0.2) is 81.6 Å². The Morgan fingerprint density at radius 3 is 2.33 bits per heavy atom. The van der Waals surface area contributed by atoms with Gasteiger partial charge in [0, 0.05) is 31.6 Å². The van der Waals surface area contributed by atoms with E-state index >= 15 is 0 Å². The SMILES string of the molecule is CCCC(C#N)CCC(c1ccc(OC)c(OCC(=O)NN2CCC(C(C)O[N+](=O)[O-])CC2)c1)N(C)CCc1ccc(OC)c(OC)c1. The van der Waals surface area contributed by atoms with Crippen molar-refractivity contribution in [2.24, 2.45) is 11.8 Å². The molecule has 0 saturated carbocycles. The Hall–Kier alpha value is -4.28. The number of benzene rings is 2. The number of carbonyl (C=O) groups excluding carboxylic acids is 1. The van der Waals surface area contributed by atoms with E-state index in [2.05, 4.69) is 30.4 Å². The molecule has 1 aliphatic rings. The molecular formula is C35H51N5O8. The smallest absolute Gasteiger partial charge is 0.294 e. The van der Waals surface area contributed by atoms with Gasteiger partial charge in [-0.2, -0.15) is 5.26 Å². The van der Waals surface area contributed by atoms with Gasteiger partial charge in [-0.15, -0.1) is 10.1 Å². The number of ether oxygens (including phenoxy) is 4. The molecule has 0 radical (unpaired) electrons. The quantitative estimate of drug-likeness (QED) is 0.143.